The zero-order valence-electron chi connectivity index (χ0n) is 16.3. The number of aromatic nitrogens is 2. The summed E-state index contributed by atoms with van der Waals surface area (Å²) in [6, 6.07) is 1.80. The van der Waals surface area contributed by atoms with E-state index in [9.17, 15) is 9.59 Å². The molecule has 2 rings (SSSR count). The van der Waals surface area contributed by atoms with Gasteiger partial charge in [-0.05, 0) is 46.6 Å². The van der Waals surface area contributed by atoms with Crippen LogP contribution in [0.3, 0.4) is 0 Å². The van der Waals surface area contributed by atoms with E-state index in [1.54, 1.807) is 6.07 Å². The van der Waals surface area contributed by atoms with Gasteiger partial charge in [0.2, 0.25) is 5.91 Å². The molecule has 0 aliphatic heterocycles. The van der Waals surface area contributed by atoms with Gasteiger partial charge in [0, 0.05) is 12.2 Å². The van der Waals surface area contributed by atoms with Crippen LogP contribution in [0, 0.1) is 6.92 Å². The molecule has 0 atom stereocenters. The van der Waals surface area contributed by atoms with E-state index in [0.717, 1.165) is 44.2 Å². The molecule has 1 aliphatic rings. The van der Waals surface area contributed by atoms with Gasteiger partial charge in [-0.1, -0.05) is 25.7 Å². The maximum atomic E-state index is 12.6. The summed E-state index contributed by atoms with van der Waals surface area (Å²) in [6.45, 7) is 8.50. The van der Waals surface area contributed by atoms with E-state index in [1.807, 2.05) is 11.6 Å². The molecular formula is C19H31ClN4O2. The lowest BCUT2D eigenvalue weighted by Crippen LogP contribution is -2.55. The van der Waals surface area contributed by atoms with Crippen LogP contribution in [-0.2, 0) is 10.3 Å². The molecule has 6 nitrogen and oxygen atoms in total. The number of amides is 2. The first kappa shape index (κ1) is 20.7. The highest BCUT2D eigenvalue weighted by atomic mass is 35.5. The van der Waals surface area contributed by atoms with Crippen LogP contribution in [0.2, 0.25) is 0 Å². The van der Waals surface area contributed by atoms with Crippen molar-refractivity contribution in [3.8, 4) is 0 Å². The lowest BCUT2D eigenvalue weighted by atomic mass is 9.89. The zero-order valence-corrected chi connectivity index (χ0v) is 17.1. The van der Waals surface area contributed by atoms with Crippen molar-refractivity contribution < 1.29 is 9.59 Å². The van der Waals surface area contributed by atoms with Crippen LogP contribution in [0.25, 0.3) is 0 Å². The Morgan fingerprint density at radius 1 is 1.23 bits per heavy atom. The molecule has 26 heavy (non-hydrogen) atoms. The molecule has 1 aliphatic carbocycles. The predicted molar refractivity (Wildman–Crippen MR) is 104 cm³/mol. The monoisotopic (exact) mass is 382 g/mol. The minimum atomic E-state index is -0.417. The van der Waals surface area contributed by atoms with Gasteiger partial charge in [0.15, 0.2) is 0 Å². The number of halogens is 1. The van der Waals surface area contributed by atoms with Gasteiger partial charge in [0.05, 0.1) is 11.1 Å². The SMILES string of the molecule is Cc1cc(C(=O)NCC2(NC(=O)CCl)CCCCCC2)nn1C(C)(C)C. The van der Waals surface area contributed by atoms with Crippen LogP contribution in [-0.4, -0.2) is 39.6 Å². The van der Waals surface area contributed by atoms with Crippen LogP contribution in [0.1, 0.15) is 75.5 Å². The highest BCUT2D eigenvalue weighted by Gasteiger charge is 2.33. The average Bonchev–Trinajstić information content (AvgIpc) is 2.83. The molecule has 146 valence electrons. The second kappa shape index (κ2) is 8.42. The molecule has 0 aromatic carbocycles. The normalized spacial score (nSPS) is 17.4. The van der Waals surface area contributed by atoms with Crippen molar-refractivity contribution in [1.82, 2.24) is 20.4 Å². The third-order valence-corrected chi connectivity index (χ3v) is 5.17. The molecule has 2 amide bonds. The summed E-state index contributed by atoms with van der Waals surface area (Å²) in [6.07, 6.45) is 6.09. The maximum absolute atomic E-state index is 12.6. The van der Waals surface area contributed by atoms with E-state index in [0.29, 0.717) is 12.2 Å². The first-order valence-corrected chi connectivity index (χ1v) is 9.93. The summed E-state index contributed by atoms with van der Waals surface area (Å²) in [7, 11) is 0. The Bertz CT molecular complexity index is 640. The summed E-state index contributed by atoms with van der Waals surface area (Å²) in [5, 5.41) is 10.5. The lowest BCUT2D eigenvalue weighted by Gasteiger charge is -2.34. The number of aryl methyl sites for hydroxylation is 1. The number of nitrogens with zero attached hydrogens (tertiary/aromatic N) is 2. The minimum absolute atomic E-state index is 0.0646. The van der Waals surface area contributed by atoms with E-state index < -0.39 is 5.54 Å². The number of hydrogen-bond acceptors (Lipinski definition) is 3. The summed E-state index contributed by atoms with van der Waals surface area (Å²) >= 11 is 5.68. The van der Waals surface area contributed by atoms with Crippen molar-refractivity contribution in [2.45, 2.75) is 77.3 Å². The predicted octanol–water partition coefficient (Wildman–Crippen LogP) is 3.12. The molecule has 0 bridgehead atoms. The third-order valence-electron chi connectivity index (χ3n) is 4.93. The van der Waals surface area contributed by atoms with Crippen LogP contribution in [0.15, 0.2) is 6.07 Å². The van der Waals surface area contributed by atoms with Crippen molar-refractivity contribution >= 4 is 23.4 Å². The highest BCUT2D eigenvalue weighted by molar-refractivity contribution is 6.27. The summed E-state index contributed by atoms with van der Waals surface area (Å²) in [4.78, 5) is 24.5. The van der Waals surface area contributed by atoms with E-state index in [-0.39, 0.29) is 23.2 Å². The number of rotatable bonds is 5. The highest BCUT2D eigenvalue weighted by Crippen LogP contribution is 2.27. The molecule has 7 heteroatoms. The molecule has 0 radical (unpaired) electrons. The Labute approximate surface area is 161 Å². The maximum Gasteiger partial charge on any atom is 0.271 e. The molecule has 0 saturated heterocycles. The van der Waals surface area contributed by atoms with E-state index in [1.165, 1.54) is 0 Å². The molecular weight excluding hydrogens is 352 g/mol. The van der Waals surface area contributed by atoms with Crippen molar-refractivity contribution in [3.63, 3.8) is 0 Å². The molecule has 1 aromatic heterocycles. The number of alkyl halides is 1. The van der Waals surface area contributed by atoms with E-state index >= 15 is 0 Å². The molecule has 1 saturated carbocycles. The van der Waals surface area contributed by atoms with Gasteiger partial charge in [0.25, 0.3) is 5.91 Å². The van der Waals surface area contributed by atoms with Gasteiger partial charge < -0.3 is 10.6 Å². The van der Waals surface area contributed by atoms with Gasteiger partial charge in [-0.25, -0.2) is 0 Å². The smallest absolute Gasteiger partial charge is 0.271 e. The first-order chi connectivity index (χ1) is 12.2. The summed E-state index contributed by atoms with van der Waals surface area (Å²) in [5.74, 6) is -0.458. The second-order valence-electron chi connectivity index (χ2n) is 8.31. The molecule has 1 fully saturated rings. The Kier molecular flexibility index (Phi) is 6.72. The van der Waals surface area contributed by atoms with Gasteiger partial charge in [-0.15, -0.1) is 11.6 Å². The second-order valence-corrected chi connectivity index (χ2v) is 8.58. The fourth-order valence-corrected chi connectivity index (χ4v) is 3.75. The van der Waals surface area contributed by atoms with Crippen LogP contribution >= 0.6 is 11.6 Å². The zero-order chi connectivity index (χ0) is 19.4. The van der Waals surface area contributed by atoms with Gasteiger partial charge in [-0.3, -0.25) is 14.3 Å². The minimum Gasteiger partial charge on any atom is -0.348 e. The van der Waals surface area contributed by atoms with Gasteiger partial charge in [-0.2, -0.15) is 5.10 Å². The van der Waals surface area contributed by atoms with Gasteiger partial charge in [0.1, 0.15) is 11.6 Å². The van der Waals surface area contributed by atoms with Crippen LogP contribution in [0.5, 0.6) is 0 Å². The van der Waals surface area contributed by atoms with Crippen LogP contribution in [0.4, 0.5) is 0 Å². The number of hydrogen-bond donors (Lipinski definition) is 2. The topological polar surface area (TPSA) is 76.0 Å². The fourth-order valence-electron chi connectivity index (χ4n) is 3.68. The number of nitrogens with one attached hydrogen (secondary N) is 2. The molecule has 0 unspecified atom stereocenters. The van der Waals surface area contributed by atoms with Crippen molar-refractivity contribution in [3.05, 3.63) is 17.5 Å². The Hall–Kier alpha value is -1.56. The number of carbonyl (C=O) groups excluding carboxylic acids is 2. The van der Waals surface area contributed by atoms with Crippen molar-refractivity contribution in [2.75, 3.05) is 12.4 Å². The average molecular weight is 383 g/mol. The van der Waals surface area contributed by atoms with Gasteiger partial charge >= 0.3 is 0 Å². The first-order valence-electron chi connectivity index (χ1n) is 9.39. The summed E-state index contributed by atoms with van der Waals surface area (Å²) in [5.41, 5.74) is 0.756. The number of carbonyl (C=O) groups is 2. The fraction of sp³-hybridized carbons (Fsp3) is 0.737. The Morgan fingerprint density at radius 2 is 1.85 bits per heavy atom. The third kappa shape index (κ3) is 5.22. The standard InChI is InChI=1S/C19H31ClN4O2/c1-14-11-15(23-24(14)18(2,3)4)17(26)21-13-19(22-16(25)12-20)9-7-5-6-8-10-19/h11H,5-10,12-13H2,1-4H3,(H,21,26)(H,22,25). The molecule has 1 aromatic rings. The van der Waals surface area contributed by atoms with Crippen LogP contribution < -0.4 is 10.6 Å². The quantitative estimate of drug-likeness (QED) is 0.606. The van der Waals surface area contributed by atoms with Crippen molar-refractivity contribution in [2.24, 2.45) is 0 Å². The van der Waals surface area contributed by atoms with E-state index in [2.05, 4.69) is 36.5 Å². The Morgan fingerprint density at radius 3 is 2.35 bits per heavy atom. The molecule has 2 N–H and O–H groups in total. The van der Waals surface area contributed by atoms with Crippen molar-refractivity contribution in [1.29, 1.82) is 0 Å². The molecule has 0 spiro atoms. The Balaban J connectivity index is 2.10. The summed E-state index contributed by atoms with van der Waals surface area (Å²) < 4.78 is 1.86. The van der Waals surface area contributed by atoms with E-state index in [4.69, 9.17) is 11.6 Å². The molecule has 1 heterocycles. The largest absolute Gasteiger partial charge is 0.348 e. The lowest BCUT2D eigenvalue weighted by molar-refractivity contribution is -0.120.